The summed E-state index contributed by atoms with van der Waals surface area (Å²) in [6.07, 6.45) is -3.70. The van der Waals surface area contributed by atoms with Gasteiger partial charge >= 0.3 is 6.18 Å². The topological polar surface area (TPSA) is 36.0 Å². The van der Waals surface area contributed by atoms with Crippen molar-refractivity contribution < 1.29 is 18.3 Å². The smallest absolute Gasteiger partial charge is 0.375 e. The summed E-state index contributed by atoms with van der Waals surface area (Å²) in [7, 11) is 0. The predicted octanol–water partition coefficient (Wildman–Crippen LogP) is 2.17. The van der Waals surface area contributed by atoms with Crippen LogP contribution in [0.15, 0.2) is 18.3 Å². The Balaban J connectivity index is 3.09. The second kappa shape index (κ2) is 3.06. The van der Waals surface area contributed by atoms with Crippen LogP contribution in [0.1, 0.15) is 19.0 Å². The highest BCUT2D eigenvalue weighted by Crippen LogP contribution is 2.40. The highest BCUT2D eigenvalue weighted by atomic mass is 19.4. The van der Waals surface area contributed by atoms with E-state index in [9.17, 15) is 18.3 Å². The standard InChI is InChI=1S/C8H10F3NO/c1-2-7(13,8(9,10)11)6-4-3-5-12-6/h3-5,12-13H,2H2,1H3/t7-/m1/s1. The van der Waals surface area contributed by atoms with Crippen LogP contribution in [0.4, 0.5) is 13.2 Å². The van der Waals surface area contributed by atoms with Gasteiger partial charge in [0.2, 0.25) is 0 Å². The molecule has 0 aliphatic carbocycles. The average molecular weight is 193 g/mol. The van der Waals surface area contributed by atoms with E-state index in [-0.39, 0.29) is 5.69 Å². The number of hydrogen-bond donors (Lipinski definition) is 2. The minimum absolute atomic E-state index is 0.220. The molecule has 0 aliphatic heterocycles. The van der Waals surface area contributed by atoms with Gasteiger partial charge < -0.3 is 10.1 Å². The van der Waals surface area contributed by atoms with Crippen molar-refractivity contribution in [2.24, 2.45) is 0 Å². The van der Waals surface area contributed by atoms with E-state index in [1.54, 1.807) is 0 Å². The molecule has 5 heteroatoms. The third kappa shape index (κ3) is 1.56. The number of H-pyrrole nitrogens is 1. The van der Waals surface area contributed by atoms with Crippen LogP contribution in [0.25, 0.3) is 0 Å². The first-order valence-corrected chi connectivity index (χ1v) is 3.85. The van der Waals surface area contributed by atoms with Crippen molar-refractivity contribution >= 4 is 0 Å². The average Bonchev–Trinajstić information content (AvgIpc) is 2.52. The molecule has 1 aromatic rings. The fourth-order valence-electron chi connectivity index (χ4n) is 1.13. The Hall–Kier alpha value is -0.970. The Morgan fingerprint density at radius 2 is 2.08 bits per heavy atom. The maximum absolute atomic E-state index is 12.4. The van der Waals surface area contributed by atoms with E-state index < -0.39 is 18.2 Å². The lowest BCUT2D eigenvalue weighted by Crippen LogP contribution is -2.41. The molecule has 0 saturated carbocycles. The Morgan fingerprint density at radius 3 is 2.38 bits per heavy atom. The first-order chi connectivity index (χ1) is 5.92. The number of alkyl halides is 3. The zero-order valence-electron chi connectivity index (χ0n) is 7.02. The molecule has 13 heavy (non-hydrogen) atoms. The highest BCUT2D eigenvalue weighted by molar-refractivity contribution is 5.15. The van der Waals surface area contributed by atoms with E-state index in [1.165, 1.54) is 25.3 Å². The minimum atomic E-state index is -4.65. The fourth-order valence-corrected chi connectivity index (χ4v) is 1.13. The predicted molar refractivity (Wildman–Crippen MR) is 41.0 cm³/mol. The minimum Gasteiger partial charge on any atom is -0.375 e. The Labute approximate surface area is 73.4 Å². The fraction of sp³-hybridized carbons (Fsp3) is 0.500. The van der Waals surface area contributed by atoms with E-state index >= 15 is 0 Å². The molecule has 1 atom stereocenters. The Morgan fingerprint density at radius 1 is 1.46 bits per heavy atom. The molecule has 0 aromatic carbocycles. The molecular weight excluding hydrogens is 183 g/mol. The van der Waals surface area contributed by atoms with Crippen LogP contribution < -0.4 is 0 Å². The maximum Gasteiger partial charge on any atom is 0.422 e. The number of aliphatic hydroxyl groups is 1. The molecule has 0 unspecified atom stereocenters. The van der Waals surface area contributed by atoms with Gasteiger partial charge in [-0.05, 0) is 18.6 Å². The molecule has 2 nitrogen and oxygen atoms in total. The number of rotatable bonds is 2. The van der Waals surface area contributed by atoms with Gasteiger partial charge in [-0.25, -0.2) is 0 Å². The summed E-state index contributed by atoms with van der Waals surface area (Å²) in [5.41, 5.74) is -2.97. The molecule has 0 fully saturated rings. The molecule has 1 aromatic heterocycles. The first-order valence-electron chi connectivity index (χ1n) is 3.85. The summed E-state index contributed by atoms with van der Waals surface area (Å²) in [5, 5.41) is 9.36. The number of aromatic nitrogens is 1. The summed E-state index contributed by atoms with van der Waals surface area (Å²) >= 11 is 0. The molecule has 0 radical (unpaired) electrons. The molecule has 0 amide bonds. The van der Waals surface area contributed by atoms with Crippen LogP contribution in [0.2, 0.25) is 0 Å². The quantitative estimate of drug-likeness (QED) is 0.741. The van der Waals surface area contributed by atoms with Gasteiger partial charge in [0.05, 0.1) is 5.69 Å². The summed E-state index contributed by atoms with van der Waals surface area (Å²) in [4.78, 5) is 2.37. The normalized spacial score (nSPS) is 17.0. The SMILES string of the molecule is CC[C@@](O)(c1ccc[nH]1)C(F)(F)F. The van der Waals surface area contributed by atoms with Crippen LogP contribution in [0.3, 0.4) is 0 Å². The molecule has 1 heterocycles. The summed E-state index contributed by atoms with van der Waals surface area (Å²) in [6.45, 7) is 1.29. The van der Waals surface area contributed by atoms with E-state index in [2.05, 4.69) is 4.98 Å². The molecule has 0 aliphatic rings. The molecule has 0 spiro atoms. The highest BCUT2D eigenvalue weighted by Gasteiger charge is 2.54. The van der Waals surface area contributed by atoms with E-state index in [0.29, 0.717) is 0 Å². The number of nitrogens with one attached hydrogen (secondary N) is 1. The first kappa shape index (κ1) is 10.1. The molecule has 0 saturated heterocycles. The number of aromatic amines is 1. The van der Waals surface area contributed by atoms with Gasteiger partial charge in [0, 0.05) is 6.20 Å². The molecule has 2 N–H and O–H groups in total. The van der Waals surface area contributed by atoms with Crippen molar-refractivity contribution in [3.8, 4) is 0 Å². The maximum atomic E-state index is 12.4. The van der Waals surface area contributed by atoms with Crippen molar-refractivity contribution in [3.63, 3.8) is 0 Å². The molecule has 1 rings (SSSR count). The van der Waals surface area contributed by atoms with Crippen molar-refractivity contribution in [1.82, 2.24) is 4.98 Å². The van der Waals surface area contributed by atoms with Gasteiger partial charge in [0.15, 0.2) is 5.60 Å². The van der Waals surface area contributed by atoms with Crippen molar-refractivity contribution in [1.29, 1.82) is 0 Å². The van der Waals surface area contributed by atoms with Crippen molar-refractivity contribution in [3.05, 3.63) is 24.0 Å². The van der Waals surface area contributed by atoms with E-state index in [0.717, 1.165) is 0 Å². The lowest BCUT2D eigenvalue weighted by Gasteiger charge is -2.28. The largest absolute Gasteiger partial charge is 0.422 e. The zero-order chi connectivity index (χ0) is 10.1. The molecular formula is C8H10F3NO. The van der Waals surface area contributed by atoms with Crippen molar-refractivity contribution in [2.75, 3.05) is 0 Å². The van der Waals surface area contributed by atoms with Gasteiger partial charge in [-0.3, -0.25) is 0 Å². The van der Waals surface area contributed by atoms with Gasteiger partial charge in [-0.1, -0.05) is 6.92 Å². The monoisotopic (exact) mass is 193 g/mol. The van der Waals surface area contributed by atoms with Crippen LogP contribution in [0.5, 0.6) is 0 Å². The van der Waals surface area contributed by atoms with Crippen LogP contribution >= 0.6 is 0 Å². The molecule has 74 valence electrons. The Kier molecular flexibility index (Phi) is 2.38. The third-order valence-electron chi connectivity index (χ3n) is 2.02. The van der Waals surface area contributed by atoms with Crippen LogP contribution in [0, 0.1) is 0 Å². The summed E-state index contributed by atoms with van der Waals surface area (Å²) < 4.78 is 37.2. The van der Waals surface area contributed by atoms with Gasteiger partial charge in [0.25, 0.3) is 0 Å². The summed E-state index contributed by atoms with van der Waals surface area (Å²) in [5.74, 6) is 0. The summed E-state index contributed by atoms with van der Waals surface area (Å²) in [6, 6.07) is 2.64. The second-order valence-corrected chi connectivity index (χ2v) is 2.80. The van der Waals surface area contributed by atoms with Crippen LogP contribution in [-0.2, 0) is 5.60 Å². The molecule has 0 bridgehead atoms. The lowest BCUT2D eigenvalue weighted by molar-refractivity contribution is -0.269. The number of hydrogen-bond acceptors (Lipinski definition) is 1. The van der Waals surface area contributed by atoms with Gasteiger partial charge in [-0.2, -0.15) is 13.2 Å². The second-order valence-electron chi connectivity index (χ2n) is 2.80. The van der Waals surface area contributed by atoms with Gasteiger partial charge in [0.1, 0.15) is 0 Å². The van der Waals surface area contributed by atoms with E-state index in [1.807, 2.05) is 0 Å². The lowest BCUT2D eigenvalue weighted by atomic mass is 9.96. The Bertz CT molecular complexity index is 267. The van der Waals surface area contributed by atoms with Crippen molar-refractivity contribution in [2.45, 2.75) is 25.1 Å². The zero-order valence-corrected chi connectivity index (χ0v) is 7.02. The van der Waals surface area contributed by atoms with E-state index in [4.69, 9.17) is 0 Å². The van der Waals surface area contributed by atoms with Crippen LogP contribution in [-0.4, -0.2) is 16.3 Å². The number of halogens is 3. The van der Waals surface area contributed by atoms with Gasteiger partial charge in [-0.15, -0.1) is 0 Å². The third-order valence-corrected chi connectivity index (χ3v) is 2.02.